The number of amides is 1. The number of nitrogens with zero attached hydrogens (tertiary/aromatic N) is 1. The highest BCUT2D eigenvalue weighted by Crippen LogP contribution is 2.13. The fraction of sp³-hybridized carbons (Fsp3) is 0.900. The minimum Gasteiger partial charge on any atom is -0.356 e. The Labute approximate surface area is 90.8 Å². The molecule has 1 heterocycles. The first-order chi connectivity index (χ1) is 6.63. The number of hydrogen-bond acceptors (Lipinski definition) is 2. The molecule has 0 spiro atoms. The molecule has 0 aromatic carbocycles. The highest BCUT2D eigenvalue weighted by molar-refractivity contribution is 6.19. The molecule has 1 N–H and O–H groups in total. The van der Waals surface area contributed by atoms with Crippen LogP contribution in [0.25, 0.3) is 0 Å². The zero-order valence-corrected chi connectivity index (χ0v) is 9.68. The zero-order valence-electron chi connectivity index (χ0n) is 8.92. The number of carbonyl (C=O) groups excluding carboxylic acids is 1. The van der Waals surface area contributed by atoms with E-state index in [0.717, 1.165) is 19.6 Å². The van der Waals surface area contributed by atoms with E-state index in [1.165, 1.54) is 6.42 Å². The van der Waals surface area contributed by atoms with Gasteiger partial charge in [0.05, 0.1) is 0 Å². The molecule has 1 aliphatic heterocycles. The molecule has 0 saturated carbocycles. The van der Waals surface area contributed by atoms with E-state index in [2.05, 4.69) is 17.3 Å². The minimum atomic E-state index is -0.0733. The number of carbonyl (C=O) groups is 1. The second-order valence-corrected chi connectivity index (χ2v) is 4.53. The van der Waals surface area contributed by atoms with E-state index >= 15 is 0 Å². The fourth-order valence-corrected chi connectivity index (χ4v) is 1.82. The molecular formula is C10H19ClN2O. The van der Waals surface area contributed by atoms with Gasteiger partial charge in [0.1, 0.15) is 0 Å². The lowest BCUT2D eigenvalue weighted by Gasteiger charge is -2.13. The Morgan fingerprint density at radius 3 is 2.93 bits per heavy atom. The fourth-order valence-electron chi connectivity index (χ4n) is 1.68. The smallest absolute Gasteiger partial charge is 0.224 e. The van der Waals surface area contributed by atoms with Crippen molar-refractivity contribution in [2.45, 2.75) is 13.3 Å². The van der Waals surface area contributed by atoms with E-state index in [4.69, 9.17) is 11.6 Å². The number of nitrogens with one attached hydrogen (secondary N) is 1. The van der Waals surface area contributed by atoms with E-state index in [-0.39, 0.29) is 11.8 Å². The Balaban J connectivity index is 2.17. The van der Waals surface area contributed by atoms with Crippen molar-refractivity contribution in [2.75, 3.05) is 32.6 Å². The minimum absolute atomic E-state index is 0.0733. The molecule has 3 nitrogen and oxygen atoms in total. The van der Waals surface area contributed by atoms with Crippen LogP contribution in [0, 0.1) is 11.8 Å². The largest absolute Gasteiger partial charge is 0.356 e. The second kappa shape index (κ2) is 5.56. The van der Waals surface area contributed by atoms with Crippen molar-refractivity contribution in [2.24, 2.45) is 11.8 Å². The van der Waals surface area contributed by atoms with Crippen molar-refractivity contribution in [1.82, 2.24) is 10.2 Å². The average Bonchev–Trinajstić information content (AvgIpc) is 2.59. The van der Waals surface area contributed by atoms with Crippen molar-refractivity contribution in [3.8, 4) is 0 Å². The maximum atomic E-state index is 11.4. The number of halogens is 1. The van der Waals surface area contributed by atoms with Crippen molar-refractivity contribution in [3.05, 3.63) is 0 Å². The van der Waals surface area contributed by atoms with Gasteiger partial charge < -0.3 is 10.2 Å². The van der Waals surface area contributed by atoms with Crippen LogP contribution in [0.4, 0.5) is 0 Å². The maximum absolute atomic E-state index is 11.4. The lowest BCUT2D eigenvalue weighted by molar-refractivity contribution is -0.124. The van der Waals surface area contributed by atoms with Crippen molar-refractivity contribution in [3.63, 3.8) is 0 Å². The van der Waals surface area contributed by atoms with Gasteiger partial charge in [0.25, 0.3) is 0 Å². The van der Waals surface area contributed by atoms with Gasteiger partial charge in [-0.2, -0.15) is 0 Å². The summed E-state index contributed by atoms with van der Waals surface area (Å²) in [6.07, 6.45) is 1.19. The quantitative estimate of drug-likeness (QED) is 0.713. The lowest BCUT2D eigenvalue weighted by Crippen LogP contribution is -2.34. The van der Waals surface area contributed by atoms with Crippen LogP contribution in [0.15, 0.2) is 0 Å². The van der Waals surface area contributed by atoms with Gasteiger partial charge in [0.15, 0.2) is 0 Å². The molecule has 0 bridgehead atoms. The summed E-state index contributed by atoms with van der Waals surface area (Å²) in [5.41, 5.74) is 0. The van der Waals surface area contributed by atoms with Crippen LogP contribution >= 0.6 is 11.6 Å². The summed E-state index contributed by atoms with van der Waals surface area (Å²) < 4.78 is 0. The molecule has 1 aliphatic rings. The second-order valence-electron chi connectivity index (χ2n) is 4.22. The maximum Gasteiger partial charge on any atom is 0.224 e. The predicted molar refractivity (Wildman–Crippen MR) is 58.5 cm³/mol. The molecule has 2 atom stereocenters. The number of rotatable bonds is 4. The first-order valence-electron chi connectivity index (χ1n) is 5.15. The summed E-state index contributed by atoms with van der Waals surface area (Å²) in [6, 6.07) is 0. The van der Waals surface area contributed by atoms with E-state index in [9.17, 15) is 4.79 Å². The molecular weight excluding hydrogens is 200 g/mol. The summed E-state index contributed by atoms with van der Waals surface area (Å²) in [5.74, 6) is 1.02. The van der Waals surface area contributed by atoms with Crippen LogP contribution in [0.5, 0.6) is 0 Å². The van der Waals surface area contributed by atoms with E-state index in [0.29, 0.717) is 11.8 Å². The van der Waals surface area contributed by atoms with Crippen molar-refractivity contribution in [1.29, 1.82) is 0 Å². The summed E-state index contributed by atoms with van der Waals surface area (Å²) in [6.45, 7) is 4.88. The molecule has 0 radical (unpaired) electrons. The van der Waals surface area contributed by atoms with Crippen LogP contribution < -0.4 is 5.32 Å². The van der Waals surface area contributed by atoms with Gasteiger partial charge in [-0.05, 0) is 25.9 Å². The lowest BCUT2D eigenvalue weighted by atomic mass is 10.1. The highest BCUT2D eigenvalue weighted by Gasteiger charge is 2.20. The summed E-state index contributed by atoms with van der Waals surface area (Å²) in [7, 11) is 2.11. The van der Waals surface area contributed by atoms with Crippen LogP contribution in [0.2, 0.25) is 0 Å². The third kappa shape index (κ3) is 3.46. The molecule has 0 aliphatic carbocycles. The van der Waals surface area contributed by atoms with Crippen LogP contribution in [0.3, 0.4) is 0 Å². The van der Waals surface area contributed by atoms with Crippen molar-refractivity contribution < 1.29 is 4.79 Å². The molecule has 2 unspecified atom stereocenters. The standard InChI is InChI=1S/C10H19ClN2O/c1-8(5-11)10(14)12-6-9-3-4-13(2)7-9/h8-9H,3-7H2,1-2H3,(H,12,14). The van der Waals surface area contributed by atoms with Gasteiger partial charge in [0, 0.05) is 24.9 Å². The first kappa shape index (κ1) is 11.8. The third-order valence-electron chi connectivity index (χ3n) is 2.73. The summed E-state index contributed by atoms with van der Waals surface area (Å²) >= 11 is 5.60. The summed E-state index contributed by atoms with van der Waals surface area (Å²) in [4.78, 5) is 13.7. The van der Waals surface area contributed by atoms with Gasteiger partial charge in [-0.3, -0.25) is 4.79 Å². The molecule has 1 amide bonds. The van der Waals surface area contributed by atoms with Crippen molar-refractivity contribution >= 4 is 17.5 Å². The SMILES string of the molecule is CC(CCl)C(=O)NCC1CCN(C)C1. The Hall–Kier alpha value is -0.280. The predicted octanol–water partition coefficient (Wildman–Crippen LogP) is 0.929. The van der Waals surface area contributed by atoms with E-state index in [1.54, 1.807) is 0 Å². The van der Waals surface area contributed by atoms with Crippen LogP contribution in [-0.4, -0.2) is 43.4 Å². The first-order valence-corrected chi connectivity index (χ1v) is 5.69. The zero-order chi connectivity index (χ0) is 10.6. The topological polar surface area (TPSA) is 32.3 Å². The Kier molecular flexibility index (Phi) is 4.69. The average molecular weight is 219 g/mol. The monoisotopic (exact) mass is 218 g/mol. The van der Waals surface area contributed by atoms with Gasteiger partial charge in [-0.15, -0.1) is 11.6 Å². The summed E-state index contributed by atoms with van der Waals surface area (Å²) in [5, 5.41) is 2.95. The highest BCUT2D eigenvalue weighted by atomic mass is 35.5. The normalized spacial score (nSPS) is 24.9. The molecule has 1 saturated heterocycles. The molecule has 0 aromatic rings. The van der Waals surface area contributed by atoms with E-state index in [1.807, 2.05) is 6.92 Å². The third-order valence-corrected chi connectivity index (χ3v) is 3.20. The Bertz CT molecular complexity index is 199. The molecule has 1 fully saturated rings. The van der Waals surface area contributed by atoms with Gasteiger partial charge in [0.2, 0.25) is 5.91 Å². The molecule has 14 heavy (non-hydrogen) atoms. The molecule has 1 rings (SSSR count). The number of hydrogen-bond donors (Lipinski definition) is 1. The van der Waals surface area contributed by atoms with Crippen LogP contribution in [0.1, 0.15) is 13.3 Å². The number of likely N-dealkylation sites (tertiary alicyclic amines) is 1. The van der Waals surface area contributed by atoms with Gasteiger partial charge in [-0.1, -0.05) is 6.92 Å². The van der Waals surface area contributed by atoms with Crippen LogP contribution in [-0.2, 0) is 4.79 Å². The molecule has 82 valence electrons. The van der Waals surface area contributed by atoms with Gasteiger partial charge in [-0.25, -0.2) is 0 Å². The van der Waals surface area contributed by atoms with E-state index < -0.39 is 0 Å². The molecule has 4 heteroatoms. The molecule has 0 aromatic heterocycles. The van der Waals surface area contributed by atoms with Gasteiger partial charge >= 0.3 is 0 Å². The Morgan fingerprint density at radius 2 is 2.43 bits per heavy atom. The number of alkyl halides is 1. The Morgan fingerprint density at radius 1 is 1.71 bits per heavy atom.